The zero-order valence-corrected chi connectivity index (χ0v) is 11.2. The molecule has 2 fully saturated rings. The van der Waals surface area contributed by atoms with Gasteiger partial charge in [-0.25, -0.2) is 4.79 Å². The number of amides is 4. The van der Waals surface area contributed by atoms with E-state index in [0.29, 0.717) is 19.5 Å². The Kier molecular flexibility index (Phi) is 3.91. The third-order valence-corrected chi connectivity index (χ3v) is 3.58. The second kappa shape index (κ2) is 5.48. The Bertz CT molecular complexity index is 458. The average molecular weight is 283 g/mol. The number of hydrogen-bond acceptors (Lipinski definition) is 4. The first-order valence-corrected chi connectivity index (χ1v) is 6.53. The van der Waals surface area contributed by atoms with Crippen molar-refractivity contribution in [2.24, 2.45) is 5.92 Å². The Labute approximate surface area is 115 Å². The number of hydrogen-bond donors (Lipinski definition) is 2. The molecule has 2 aliphatic heterocycles. The molecule has 0 aromatic rings. The molecule has 2 aliphatic rings. The molecule has 1 unspecified atom stereocenters. The van der Waals surface area contributed by atoms with Crippen LogP contribution in [0.4, 0.5) is 4.79 Å². The number of urea groups is 1. The molecule has 0 aromatic carbocycles. The molecule has 0 bridgehead atoms. The maximum Gasteiger partial charge on any atom is 0.321 e. The molecule has 1 atom stereocenters. The third-order valence-electron chi connectivity index (χ3n) is 3.58. The molecule has 0 saturated carbocycles. The van der Waals surface area contributed by atoms with Crippen LogP contribution in [0.2, 0.25) is 0 Å². The van der Waals surface area contributed by atoms with E-state index in [1.165, 1.54) is 9.80 Å². The highest BCUT2D eigenvalue weighted by Gasteiger charge is 2.41. The number of aliphatic carboxylic acids is 1. The van der Waals surface area contributed by atoms with Crippen LogP contribution in [-0.4, -0.2) is 64.4 Å². The van der Waals surface area contributed by atoms with Crippen molar-refractivity contribution in [3.63, 3.8) is 0 Å². The van der Waals surface area contributed by atoms with Crippen molar-refractivity contribution < 1.29 is 24.3 Å². The van der Waals surface area contributed by atoms with Crippen molar-refractivity contribution >= 4 is 23.8 Å². The third kappa shape index (κ3) is 2.73. The van der Waals surface area contributed by atoms with Gasteiger partial charge in [-0.15, -0.1) is 0 Å². The van der Waals surface area contributed by atoms with Crippen LogP contribution in [0.15, 0.2) is 0 Å². The van der Waals surface area contributed by atoms with Gasteiger partial charge in [0.25, 0.3) is 0 Å². The lowest BCUT2D eigenvalue weighted by Gasteiger charge is -2.43. The van der Waals surface area contributed by atoms with Crippen LogP contribution >= 0.6 is 0 Å². The molecule has 2 heterocycles. The summed E-state index contributed by atoms with van der Waals surface area (Å²) < 4.78 is 0. The molecule has 0 spiro atoms. The summed E-state index contributed by atoms with van der Waals surface area (Å²) >= 11 is 0. The number of carboxylic acid groups (broad SMARTS) is 1. The lowest BCUT2D eigenvalue weighted by Crippen LogP contribution is -2.64. The van der Waals surface area contributed by atoms with Crippen molar-refractivity contribution in [2.45, 2.75) is 25.8 Å². The summed E-state index contributed by atoms with van der Waals surface area (Å²) in [6.07, 6.45) is 0.456. The monoisotopic (exact) mass is 283 g/mol. The van der Waals surface area contributed by atoms with E-state index in [1.54, 1.807) is 6.92 Å². The normalized spacial score (nSPS) is 23.4. The van der Waals surface area contributed by atoms with E-state index >= 15 is 0 Å². The van der Waals surface area contributed by atoms with Crippen LogP contribution < -0.4 is 5.32 Å². The predicted molar refractivity (Wildman–Crippen MR) is 66.6 cm³/mol. The number of imide groups is 1. The summed E-state index contributed by atoms with van der Waals surface area (Å²) in [5, 5.41) is 10.9. The van der Waals surface area contributed by atoms with Crippen LogP contribution in [0.5, 0.6) is 0 Å². The number of nitrogens with zero attached hydrogens (tertiary/aromatic N) is 2. The van der Waals surface area contributed by atoms with Crippen LogP contribution in [0.1, 0.15) is 19.8 Å². The second-order valence-electron chi connectivity index (χ2n) is 5.12. The van der Waals surface area contributed by atoms with Gasteiger partial charge in [-0.05, 0) is 6.42 Å². The fourth-order valence-electron chi connectivity index (χ4n) is 2.56. The van der Waals surface area contributed by atoms with Gasteiger partial charge in [-0.1, -0.05) is 6.92 Å². The summed E-state index contributed by atoms with van der Waals surface area (Å²) in [4.78, 5) is 48.6. The van der Waals surface area contributed by atoms with E-state index in [0.717, 1.165) is 0 Å². The van der Waals surface area contributed by atoms with Crippen molar-refractivity contribution in [1.82, 2.24) is 15.1 Å². The Morgan fingerprint density at radius 3 is 2.55 bits per heavy atom. The quantitative estimate of drug-likeness (QED) is 0.663. The number of carbonyl (C=O) groups excluding carboxylic acids is 3. The van der Waals surface area contributed by atoms with Gasteiger partial charge in [-0.3, -0.25) is 19.7 Å². The molecule has 0 aliphatic carbocycles. The standard InChI is InChI=1S/C12H17N3O5/c1-2-8-11(19)13-9(16)6-15(8)12(20)14-4-7(5-14)3-10(17)18/h7-8H,2-6H2,1H3,(H,17,18)(H,13,16,19). The smallest absolute Gasteiger partial charge is 0.321 e. The molecule has 0 radical (unpaired) electrons. The lowest BCUT2D eigenvalue weighted by molar-refractivity contribution is -0.139. The summed E-state index contributed by atoms with van der Waals surface area (Å²) in [6, 6.07) is -1.01. The fourth-order valence-corrected chi connectivity index (χ4v) is 2.56. The molecule has 8 nitrogen and oxygen atoms in total. The van der Waals surface area contributed by atoms with Gasteiger partial charge in [0.05, 0.1) is 6.42 Å². The van der Waals surface area contributed by atoms with Crippen LogP contribution in [0, 0.1) is 5.92 Å². The van der Waals surface area contributed by atoms with Gasteiger partial charge in [-0.2, -0.15) is 0 Å². The van der Waals surface area contributed by atoms with Crippen molar-refractivity contribution in [3.05, 3.63) is 0 Å². The number of nitrogens with one attached hydrogen (secondary N) is 1. The predicted octanol–water partition coefficient (Wildman–Crippen LogP) is -0.750. The minimum absolute atomic E-state index is 0.0282. The molecular weight excluding hydrogens is 266 g/mol. The lowest BCUT2D eigenvalue weighted by atomic mass is 9.96. The topological polar surface area (TPSA) is 107 Å². The number of carbonyl (C=O) groups is 4. The second-order valence-corrected chi connectivity index (χ2v) is 5.12. The molecule has 2 rings (SSSR count). The van der Waals surface area contributed by atoms with Gasteiger partial charge >= 0.3 is 12.0 Å². The van der Waals surface area contributed by atoms with Crippen LogP contribution in [0.25, 0.3) is 0 Å². The molecule has 8 heteroatoms. The first-order chi connectivity index (χ1) is 9.42. The molecule has 20 heavy (non-hydrogen) atoms. The van der Waals surface area contributed by atoms with Gasteiger partial charge in [0.1, 0.15) is 12.6 Å². The number of likely N-dealkylation sites (tertiary alicyclic amines) is 1. The minimum Gasteiger partial charge on any atom is -0.481 e. The Balaban J connectivity index is 1.96. The van der Waals surface area contributed by atoms with E-state index in [2.05, 4.69) is 5.32 Å². The van der Waals surface area contributed by atoms with Gasteiger partial charge in [0.15, 0.2) is 0 Å². The van der Waals surface area contributed by atoms with Gasteiger partial charge in [0, 0.05) is 19.0 Å². The van der Waals surface area contributed by atoms with E-state index < -0.39 is 23.8 Å². The van der Waals surface area contributed by atoms with Crippen LogP contribution in [-0.2, 0) is 14.4 Å². The maximum atomic E-state index is 12.2. The van der Waals surface area contributed by atoms with E-state index in [9.17, 15) is 19.2 Å². The van der Waals surface area contributed by atoms with E-state index in [4.69, 9.17) is 5.11 Å². The Morgan fingerprint density at radius 1 is 1.35 bits per heavy atom. The molecule has 110 valence electrons. The Hall–Kier alpha value is -2.12. The fraction of sp³-hybridized carbons (Fsp3) is 0.667. The van der Waals surface area contributed by atoms with Crippen molar-refractivity contribution in [2.75, 3.05) is 19.6 Å². The van der Waals surface area contributed by atoms with Crippen LogP contribution in [0.3, 0.4) is 0 Å². The number of piperazine rings is 1. The summed E-state index contributed by atoms with van der Waals surface area (Å²) in [5.74, 6) is -1.89. The molecular formula is C12H17N3O5. The zero-order valence-electron chi connectivity index (χ0n) is 11.2. The minimum atomic E-state index is -0.888. The molecule has 2 N–H and O–H groups in total. The molecule has 0 aromatic heterocycles. The molecule has 4 amide bonds. The van der Waals surface area contributed by atoms with E-state index in [1.807, 2.05) is 0 Å². The molecule has 2 saturated heterocycles. The average Bonchev–Trinajstić information content (AvgIpc) is 2.31. The SMILES string of the molecule is CCC1C(=O)NC(=O)CN1C(=O)N1CC(CC(=O)O)C1. The number of rotatable bonds is 3. The summed E-state index contributed by atoms with van der Waals surface area (Å²) in [5.41, 5.74) is 0. The highest BCUT2D eigenvalue weighted by atomic mass is 16.4. The van der Waals surface area contributed by atoms with E-state index in [-0.39, 0.29) is 24.9 Å². The summed E-state index contributed by atoms with van der Waals surface area (Å²) in [6.45, 7) is 2.34. The first-order valence-electron chi connectivity index (χ1n) is 6.53. The summed E-state index contributed by atoms with van der Waals surface area (Å²) in [7, 11) is 0. The van der Waals surface area contributed by atoms with Gasteiger partial charge < -0.3 is 14.9 Å². The zero-order chi connectivity index (χ0) is 14.9. The Morgan fingerprint density at radius 2 is 2.00 bits per heavy atom. The maximum absolute atomic E-state index is 12.2. The largest absolute Gasteiger partial charge is 0.481 e. The highest BCUT2D eigenvalue weighted by Crippen LogP contribution is 2.22. The van der Waals surface area contributed by atoms with Crippen molar-refractivity contribution in [1.29, 1.82) is 0 Å². The first kappa shape index (κ1) is 14.3. The van der Waals surface area contributed by atoms with Crippen molar-refractivity contribution in [3.8, 4) is 0 Å². The highest BCUT2D eigenvalue weighted by molar-refractivity contribution is 6.04. The van der Waals surface area contributed by atoms with Gasteiger partial charge in [0.2, 0.25) is 11.8 Å². The number of carboxylic acids is 1.